The van der Waals surface area contributed by atoms with Gasteiger partial charge >= 0.3 is 0 Å². The van der Waals surface area contributed by atoms with E-state index in [0.717, 1.165) is 31.8 Å². The number of para-hydroxylation sites is 1. The number of hydrogen-bond donors (Lipinski definition) is 2. The van der Waals surface area contributed by atoms with Crippen LogP contribution in [0, 0.1) is 0 Å². The smallest absolute Gasteiger partial charge is 0.0931 e. The first-order valence-corrected chi connectivity index (χ1v) is 8.41. The molecule has 6 heteroatoms. The lowest BCUT2D eigenvalue weighted by atomic mass is 10.1. The van der Waals surface area contributed by atoms with Crippen LogP contribution in [0.1, 0.15) is 16.6 Å². The molecule has 0 aliphatic heterocycles. The summed E-state index contributed by atoms with van der Waals surface area (Å²) in [5, 5.41) is 1.10. The summed E-state index contributed by atoms with van der Waals surface area (Å²) in [7, 11) is 0. The molecular weight excluding hydrogens is 370 g/mol. The molecule has 0 radical (unpaired) electrons. The van der Waals surface area contributed by atoms with Crippen LogP contribution < -0.4 is 11.3 Å². The van der Waals surface area contributed by atoms with E-state index in [9.17, 15) is 0 Å². The zero-order valence-corrected chi connectivity index (χ0v) is 14.2. The maximum absolute atomic E-state index is 5.98. The molecule has 2 heterocycles. The van der Waals surface area contributed by atoms with Crippen molar-refractivity contribution in [1.29, 1.82) is 0 Å². The number of nitrogens with one attached hydrogen (secondary N) is 1. The normalized spacial score (nSPS) is 12.7. The number of fused-ring (bicyclic) bond motifs is 1. The first-order valence-electron chi connectivity index (χ1n) is 6.43. The Morgan fingerprint density at radius 3 is 2.81 bits per heavy atom. The maximum Gasteiger partial charge on any atom is 0.0931 e. The lowest BCUT2D eigenvalue weighted by molar-refractivity contribution is 0.541. The Labute approximate surface area is 140 Å². The van der Waals surface area contributed by atoms with Crippen molar-refractivity contribution >= 4 is 49.8 Å². The van der Waals surface area contributed by atoms with Gasteiger partial charge in [-0.1, -0.05) is 29.8 Å². The average Bonchev–Trinajstić information content (AvgIpc) is 2.89. The number of nitrogens with zero attached hydrogens (tertiary/aromatic N) is 1. The number of pyridine rings is 1. The third-order valence-electron chi connectivity index (χ3n) is 3.27. The monoisotopic (exact) mass is 381 g/mol. The fraction of sp³-hybridized carbons (Fsp3) is 0.133. The molecule has 0 saturated heterocycles. The molecule has 0 aliphatic carbocycles. The Balaban J connectivity index is 1.97. The van der Waals surface area contributed by atoms with Crippen LogP contribution in [0.4, 0.5) is 0 Å². The first kappa shape index (κ1) is 14.9. The van der Waals surface area contributed by atoms with Gasteiger partial charge in [0.05, 0.1) is 21.6 Å². The summed E-state index contributed by atoms with van der Waals surface area (Å²) >= 11 is 11.1. The van der Waals surface area contributed by atoms with Crippen molar-refractivity contribution in [3.8, 4) is 0 Å². The van der Waals surface area contributed by atoms with Gasteiger partial charge < -0.3 is 0 Å². The van der Waals surface area contributed by atoms with E-state index in [1.165, 1.54) is 4.88 Å². The predicted molar refractivity (Wildman–Crippen MR) is 92.5 cm³/mol. The molecule has 1 atom stereocenters. The molecular formula is C15H13BrClN3S. The van der Waals surface area contributed by atoms with Crippen LogP contribution in [0.2, 0.25) is 4.34 Å². The number of hydrazine groups is 1. The van der Waals surface area contributed by atoms with Crippen LogP contribution in [0.15, 0.2) is 46.9 Å². The molecule has 0 amide bonds. The summed E-state index contributed by atoms with van der Waals surface area (Å²) in [5.41, 5.74) is 4.71. The number of aromatic nitrogens is 1. The minimum Gasteiger partial charge on any atom is -0.271 e. The predicted octanol–water partition coefficient (Wildman–Crippen LogP) is 4.46. The fourth-order valence-corrected chi connectivity index (χ4v) is 3.99. The number of nitrogens with two attached hydrogens (primary N) is 1. The Bertz CT molecular complexity index is 774. The SMILES string of the molecule is NNC(Cc1ccc(Cl)s1)c1nc2ccccc2cc1Br. The third-order valence-corrected chi connectivity index (χ3v) is 5.16. The van der Waals surface area contributed by atoms with E-state index in [2.05, 4.69) is 27.4 Å². The molecule has 3 rings (SSSR count). The Morgan fingerprint density at radius 2 is 2.10 bits per heavy atom. The second-order valence-corrected chi connectivity index (χ2v) is 7.33. The van der Waals surface area contributed by atoms with Gasteiger partial charge in [0.2, 0.25) is 0 Å². The van der Waals surface area contributed by atoms with E-state index in [0.29, 0.717) is 0 Å². The molecule has 21 heavy (non-hydrogen) atoms. The van der Waals surface area contributed by atoms with Gasteiger partial charge in [-0.25, -0.2) is 4.98 Å². The van der Waals surface area contributed by atoms with Crippen LogP contribution in [0.25, 0.3) is 10.9 Å². The zero-order chi connectivity index (χ0) is 14.8. The minimum absolute atomic E-state index is 0.0707. The summed E-state index contributed by atoms with van der Waals surface area (Å²) < 4.78 is 1.73. The van der Waals surface area contributed by atoms with Crippen LogP contribution in [-0.2, 0) is 6.42 Å². The Kier molecular flexibility index (Phi) is 4.57. The van der Waals surface area contributed by atoms with Crippen molar-refractivity contribution in [1.82, 2.24) is 10.4 Å². The van der Waals surface area contributed by atoms with Gasteiger partial charge in [0.25, 0.3) is 0 Å². The van der Waals surface area contributed by atoms with Crippen molar-refractivity contribution in [3.05, 3.63) is 61.8 Å². The van der Waals surface area contributed by atoms with Gasteiger partial charge in [-0.05, 0) is 40.2 Å². The number of thiophene rings is 1. The number of halogens is 2. The summed E-state index contributed by atoms with van der Waals surface area (Å²) in [6.45, 7) is 0. The molecule has 108 valence electrons. The zero-order valence-electron chi connectivity index (χ0n) is 11.0. The molecule has 0 saturated carbocycles. The van der Waals surface area contributed by atoms with Crippen molar-refractivity contribution in [3.63, 3.8) is 0 Å². The molecule has 1 aromatic carbocycles. The van der Waals surface area contributed by atoms with E-state index in [-0.39, 0.29) is 6.04 Å². The largest absolute Gasteiger partial charge is 0.271 e. The van der Waals surface area contributed by atoms with Crippen LogP contribution in [0.5, 0.6) is 0 Å². The minimum atomic E-state index is -0.0707. The quantitative estimate of drug-likeness (QED) is 0.517. The highest BCUT2D eigenvalue weighted by Crippen LogP contribution is 2.30. The average molecular weight is 383 g/mol. The van der Waals surface area contributed by atoms with Crippen LogP contribution in [0.3, 0.4) is 0 Å². The van der Waals surface area contributed by atoms with Crippen LogP contribution >= 0.6 is 38.9 Å². The van der Waals surface area contributed by atoms with E-state index < -0.39 is 0 Å². The van der Waals surface area contributed by atoms with Crippen molar-refractivity contribution < 1.29 is 0 Å². The maximum atomic E-state index is 5.98. The van der Waals surface area contributed by atoms with Crippen molar-refractivity contribution in [2.45, 2.75) is 12.5 Å². The van der Waals surface area contributed by atoms with Crippen LogP contribution in [-0.4, -0.2) is 4.98 Å². The van der Waals surface area contributed by atoms with Gasteiger partial charge in [0, 0.05) is 21.2 Å². The molecule has 3 aromatic rings. The second-order valence-electron chi connectivity index (χ2n) is 4.68. The first-order chi connectivity index (χ1) is 10.2. The Morgan fingerprint density at radius 1 is 1.29 bits per heavy atom. The van der Waals surface area contributed by atoms with Gasteiger partial charge in [-0.3, -0.25) is 11.3 Å². The Hall–Kier alpha value is -0.980. The highest BCUT2D eigenvalue weighted by Gasteiger charge is 2.17. The fourth-order valence-electron chi connectivity index (χ4n) is 2.25. The number of hydrogen-bond acceptors (Lipinski definition) is 4. The lowest BCUT2D eigenvalue weighted by Crippen LogP contribution is -2.30. The molecule has 3 N–H and O–H groups in total. The van der Waals surface area contributed by atoms with E-state index >= 15 is 0 Å². The molecule has 2 aromatic heterocycles. The van der Waals surface area contributed by atoms with Gasteiger partial charge in [-0.15, -0.1) is 11.3 Å². The summed E-state index contributed by atoms with van der Waals surface area (Å²) in [5.74, 6) is 5.73. The number of rotatable bonds is 4. The highest BCUT2D eigenvalue weighted by molar-refractivity contribution is 9.10. The highest BCUT2D eigenvalue weighted by atomic mass is 79.9. The molecule has 3 nitrogen and oxygen atoms in total. The molecule has 0 spiro atoms. The lowest BCUT2D eigenvalue weighted by Gasteiger charge is -2.17. The van der Waals surface area contributed by atoms with Crippen molar-refractivity contribution in [2.75, 3.05) is 0 Å². The summed E-state index contributed by atoms with van der Waals surface area (Å²) in [6, 6.07) is 14.0. The van der Waals surface area contributed by atoms with Gasteiger partial charge in [0.15, 0.2) is 0 Å². The summed E-state index contributed by atoms with van der Waals surface area (Å²) in [4.78, 5) is 5.90. The third kappa shape index (κ3) is 3.27. The van der Waals surface area contributed by atoms with Gasteiger partial charge in [0.1, 0.15) is 0 Å². The van der Waals surface area contributed by atoms with Gasteiger partial charge in [-0.2, -0.15) is 0 Å². The van der Waals surface area contributed by atoms with E-state index in [1.807, 2.05) is 36.4 Å². The standard InChI is InChI=1S/C15H13BrClN3S/c16-11-7-9-3-1-2-4-12(9)19-15(11)13(20-18)8-10-5-6-14(17)21-10/h1-7,13,20H,8,18H2. The molecule has 0 aliphatic rings. The summed E-state index contributed by atoms with van der Waals surface area (Å²) in [6.07, 6.45) is 0.748. The second kappa shape index (κ2) is 6.42. The molecule has 0 bridgehead atoms. The topological polar surface area (TPSA) is 50.9 Å². The molecule has 0 fully saturated rings. The molecule has 1 unspecified atom stereocenters. The van der Waals surface area contributed by atoms with E-state index in [4.69, 9.17) is 22.4 Å². The van der Waals surface area contributed by atoms with E-state index in [1.54, 1.807) is 11.3 Å². The number of benzene rings is 1. The van der Waals surface area contributed by atoms with Crippen molar-refractivity contribution in [2.24, 2.45) is 5.84 Å².